The van der Waals surface area contributed by atoms with E-state index in [9.17, 15) is 0 Å². The van der Waals surface area contributed by atoms with Gasteiger partial charge in [-0.2, -0.15) is 0 Å². The van der Waals surface area contributed by atoms with Gasteiger partial charge >= 0.3 is 0 Å². The number of hydrogen-bond donors (Lipinski definition) is 0. The minimum Gasteiger partial charge on any atom is -0.0622 e. The van der Waals surface area contributed by atoms with Crippen molar-refractivity contribution in [1.29, 1.82) is 0 Å². The van der Waals surface area contributed by atoms with Gasteiger partial charge in [-0.05, 0) is 58.0 Å². The summed E-state index contributed by atoms with van der Waals surface area (Å²) < 4.78 is 0. The van der Waals surface area contributed by atoms with Crippen molar-refractivity contribution in [3.8, 4) is 33.4 Å². The zero-order chi connectivity index (χ0) is 17.1. The maximum atomic E-state index is 4.41. The van der Waals surface area contributed by atoms with Gasteiger partial charge in [0.2, 0.25) is 0 Å². The molecular formula is C25H19. The van der Waals surface area contributed by atoms with E-state index in [1.165, 1.54) is 33.4 Å². The van der Waals surface area contributed by atoms with E-state index in [2.05, 4.69) is 97.9 Å². The Morgan fingerprint density at radius 1 is 0.400 bits per heavy atom. The third-order valence-corrected chi connectivity index (χ3v) is 4.53. The zero-order valence-electron chi connectivity index (χ0n) is 14.0. The molecule has 0 spiro atoms. The minimum atomic E-state index is 1.07. The van der Waals surface area contributed by atoms with Crippen LogP contribution in [-0.2, 0) is 0 Å². The van der Waals surface area contributed by atoms with Crippen molar-refractivity contribution in [3.05, 3.63) is 116 Å². The molecule has 0 fully saturated rings. The van der Waals surface area contributed by atoms with Gasteiger partial charge in [0.1, 0.15) is 0 Å². The molecule has 0 atom stereocenters. The molecule has 0 N–H and O–H groups in total. The maximum absolute atomic E-state index is 4.41. The van der Waals surface area contributed by atoms with Crippen LogP contribution in [0.5, 0.6) is 0 Å². The molecule has 25 heavy (non-hydrogen) atoms. The van der Waals surface area contributed by atoms with Gasteiger partial charge in [0.05, 0.1) is 0 Å². The van der Waals surface area contributed by atoms with Crippen molar-refractivity contribution in [1.82, 2.24) is 0 Å². The van der Waals surface area contributed by atoms with Gasteiger partial charge in [-0.15, -0.1) is 0 Å². The normalized spacial score (nSPS) is 10.6. The predicted octanol–water partition coefficient (Wildman–Crippen LogP) is 6.87. The van der Waals surface area contributed by atoms with Crippen LogP contribution in [0, 0.1) is 6.92 Å². The number of rotatable bonds is 3. The second-order valence-corrected chi connectivity index (χ2v) is 6.15. The average Bonchev–Trinajstić information content (AvgIpc) is 2.70. The van der Waals surface area contributed by atoms with Crippen LogP contribution in [0.25, 0.3) is 33.4 Å². The van der Waals surface area contributed by atoms with Gasteiger partial charge in [-0.25, -0.2) is 0 Å². The van der Waals surface area contributed by atoms with Gasteiger partial charge < -0.3 is 0 Å². The fourth-order valence-corrected chi connectivity index (χ4v) is 3.22. The fraction of sp³-hybridized carbons (Fsp3) is 0. The highest BCUT2D eigenvalue weighted by Gasteiger charge is 2.11. The van der Waals surface area contributed by atoms with Crippen molar-refractivity contribution in [2.24, 2.45) is 0 Å². The molecule has 0 aliphatic heterocycles. The first kappa shape index (κ1) is 15.4. The van der Waals surface area contributed by atoms with E-state index in [4.69, 9.17) is 0 Å². The summed E-state index contributed by atoms with van der Waals surface area (Å²) in [5.41, 5.74) is 8.26. The second-order valence-electron chi connectivity index (χ2n) is 6.15. The van der Waals surface area contributed by atoms with E-state index in [0.29, 0.717) is 0 Å². The number of hydrogen-bond acceptors (Lipinski definition) is 0. The molecule has 0 aliphatic rings. The Kier molecular flexibility index (Phi) is 4.18. The lowest BCUT2D eigenvalue weighted by atomic mass is 9.88. The van der Waals surface area contributed by atoms with Crippen LogP contribution in [0.1, 0.15) is 5.56 Å². The van der Waals surface area contributed by atoms with Gasteiger partial charge in [-0.1, -0.05) is 91.0 Å². The van der Waals surface area contributed by atoms with Crippen LogP contribution in [-0.4, -0.2) is 0 Å². The first-order valence-electron chi connectivity index (χ1n) is 8.49. The molecule has 4 rings (SSSR count). The summed E-state index contributed by atoms with van der Waals surface area (Å²) in [6.07, 6.45) is 0. The maximum Gasteiger partial charge on any atom is -0.0139 e. The molecule has 4 aromatic rings. The van der Waals surface area contributed by atoms with Crippen LogP contribution >= 0.6 is 0 Å². The Bertz CT molecular complexity index is 908. The molecule has 0 saturated carbocycles. The summed E-state index contributed by atoms with van der Waals surface area (Å²) in [6.45, 7) is 4.41. The molecule has 0 amide bonds. The highest BCUT2D eigenvalue weighted by molar-refractivity contribution is 5.85. The van der Waals surface area contributed by atoms with E-state index in [-0.39, 0.29) is 0 Å². The van der Waals surface area contributed by atoms with E-state index < -0.39 is 0 Å². The molecular weight excluding hydrogens is 300 g/mol. The topological polar surface area (TPSA) is 0 Å². The molecule has 0 bridgehead atoms. The van der Waals surface area contributed by atoms with E-state index in [0.717, 1.165) is 5.56 Å². The Balaban J connectivity index is 1.98. The van der Waals surface area contributed by atoms with Gasteiger partial charge in [0.25, 0.3) is 0 Å². The van der Waals surface area contributed by atoms with Crippen LogP contribution in [0.4, 0.5) is 0 Å². The highest BCUT2D eigenvalue weighted by atomic mass is 14.2. The smallest absolute Gasteiger partial charge is 0.0139 e. The monoisotopic (exact) mass is 319 g/mol. The van der Waals surface area contributed by atoms with Crippen molar-refractivity contribution in [3.63, 3.8) is 0 Å². The fourth-order valence-electron chi connectivity index (χ4n) is 3.22. The van der Waals surface area contributed by atoms with E-state index >= 15 is 0 Å². The third kappa shape index (κ3) is 3.12. The third-order valence-electron chi connectivity index (χ3n) is 4.53. The lowest BCUT2D eigenvalue weighted by Gasteiger charge is -2.15. The van der Waals surface area contributed by atoms with Gasteiger partial charge in [0, 0.05) is 0 Å². The first-order valence-corrected chi connectivity index (χ1v) is 8.49. The molecule has 119 valence electrons. The second kappa shape index (κ2) is 6.78. The van der Waals surface area contributed by atoms with Crippen LogP contribution in [0.3, 0.4) is 0 Å². The Labute approximate surface area is 149 Å². The lowest BCUT2D eigenvalue weighted by Crippen LogP contribution is -1.91. The summed E-state index contributed by atoms with van der Waals surface area (Å²) in [5.74, 6) is 0. The highest BCUT2D eigenvalue weighted by Crippen LogP contribution is 2.36. The van der Waals surface area contributed by atoms with Crippen molar-refractivity contribution in [2.75, 3.05) is 0 Å². The Morgan fingerprint density at radius 2 is 0.760 bits per heavy atom. The molecule has 0 aliphatic carbocycles. The molecule has 4 aromatic carbocycles. The average molecular weight is 319 g/mol. The summed E-state index contributed by atoms with van der Waals surface area (Å²) >= 11 is 0. The zero-order valence-corrected chi connectivity index (χ0v) is 14.0. The molecule has 0 heteroatoms. The van der Waals surface area contributed by atoms with Crippen LogP contribution in [0.15, 0.2) is 103 Å². The molecule has 0 nitrogen and oxygen atoms in total. The summed E-state index contributed by atoms with van der Waals surface area (Å²) in [5, 5.41) is 0. The molecule has 0 aromatic heterocycles. The van der Waals surface area contributed by atoms with Crippen molar-refractivity contribution in [2.45, 2.75) is 0 Å². The van der Waals surface area contributed by atoms with E-state index in [1.807, 2.05) is 12.1 Å². The minimum absolute atomic E-state index is 1.07. The van der Waals surface area contributed by atoms with Crippen LogP contribution < -0.4 is 0 Å². The SMILES string of the molecule is [CH2]c1c(-c2ccccc2)cc(-c2ccccc2)cc1-c1ccccc1. The number of benzene rings is 4. The van der Waals surface area contributed by atoms with Gasteiger partial charge in [-0.3, -0.25) is 0 Å². The van der Waals surface area contributed by atoms with Crippen molar-refractivity contribution >= 4 is 0 Å². The summed E-state index contributed by atoms with van der Waals surface area (Å²) in [6, 6.07) is 36.0. The lowest BCUT2D eigenvalue weighted by molar-refractivity contribution is 1.52. The molecule has 1 radical (unpaired) electrons. The predicted molar refractivity (Wildman–Crippen MR) is 107 cm³/mol. The Morgan fingerprint density at radius 3 is 1.16 bits per heavy atom. The van der Waals surface area contributed by atoms with Gasteiger partial charge in [0.15, 0.2) is 0 Å². The quantitative estimate of drug-likeness (QED) is 0.386. The standard InChI is InChI=1S/C25H19/c1-19-24(21-13-7-3-8-14-21)17-23(20-11-5-2-6-12-20)18-25(19)22-15-9-4-10-16-22/h2-18H,1H2. The Hall–Kier alpha value is -3.12. The molecule has 0 unspecified atom stereocenters. The van der Waals surface area contributed by atoms with Crippen molar-refractivity contribution < 1.29 is 0 Å². The summed E-state index contributed by atoms with van der Waals surface area (Å²) in [7, 11) is 0. The summed E-state index contributed by atoms with van der Waals surface area (Å²) in [4.78, 5) is 0. The molecule has 0 saturated heterocycles. The first-order chi connectivity index (χ1) is 12.3. The van der Waals surface area contributed by atoms with E-state index in [1.54, 1.807) is 0 Å². The van der Waals surface area contributed by atoms with Crippen LogP contribution in [0.2, 0.25) is 0 Å². The molecule has 0 heterocycles. The largest absolute Gasteiger partial charge is 0.0622 e.